The van der Waals surface area contributed by atoms with Gasteiger partial charge in [0.15, 0.2) is 0 Å². The zero-order valence-corrected chi connectivity index (χ0v) is 9.78. The van der Waals surface area contributed by atoms with Crippen LogP contribution < -0.4 is 5.32 Å². The van der Waals surface area contributed by atoms with E-state index in [1.807, 2.05) is 6.92 Å². The third kappa shape index (κ3) is 4.09. The summed E-state index contributed by atoms with van der Waals surface area (Å²) in [6.07, 6.45) is 5.23. The largest absolute Gasteiger partial charge is 0.392 e. The van der Waals surface area contributed by atoms with Crippen LogP contribution in [0, 0.1) is 5.92 Å². The van der Waals surface area contributed by atoms with E-state index in [4.69, 9.17) is 0 Å². The van der Waals surface area contributed by atoms with Gasteiger partial charge in [0.1, 0.15) is 0 Å². The molecule has 2 fully saturated rings. The SMILES string of the molecule is C[C@H](O)CN(CC1CC1)CC1CCCN1. The summed E-state index contributed by atoms with van der Waals surface area (Å²) < 4.78 is 0. The van der Waals surface area contributed by atoms with Gasteiger partial charge in [-0.1, -0.05) is 0 Å². The average Bonchev–Trinajstić information content (AvgIpc) is 2.80. The maximum absolute atomic E-state index is 9.47. The second kappa shape index (κ2) is 5.28. The van der Waals surface area contributed by atoms with Crippen molar-refractivity contribution in [2.24, 2.45) is 5.92 Å². The van der Waals surface area contributed by atoms with Crippen LogP contribution in [-0.2, 0) is 0 Å². The third-order valence-electron chi connectivity index (χ3n) is 3.38. The Balaban J connectivity index is 1.74. The topological polar surface area (TPSA) is 35.5 Å². The third-order valence-corrected chi connectivity index (χ3v) is 3.38. The highest BCUT2D eigenvalue weighted by Gasteiger charge is 2.26. The number of rotatable bonds is 6. The molecule has 0 aromatic heterocycles. The van der Waals surface area contributed by atoms with Crippen molar-refractivity contribution >= 4 is 0 Å². The maximum atomic E-state index is 9.47. The molecule has 0 spiro atoms. The van der Waals surface area contributed by atoms with Gasteiger partial charge in [-0.15, -0.1) is 0 Å². The number of nitrogens with zero attached hydrogens (tertiary/aromatic N) is 1. The molecule has 1 saturated carbocycles. The number of nitrogens with one attached hydrogen (secondary N) is 1. The molecule has 2 N–H and O–H groups in total. The number of hydrogen-bond acceptors (Lipinski definition) is 3. The van der Waals surface area contributed by atoms with Crippen molar-refractivity contribution in [1.29, 1.82) is 0 Å². The molecule has 0 aromatic rings. The van der Waals surface area contributed by atoms with E-state index in [0.717, 1.165) is 19.0 Å². The fourth-order valence-corrected chi connectivity index (χ4v) is 2.49. The van der Waals surface area contributed by atoms with E-state index in [-0.39, 0.29) is 6.10 Å². The Bertz CT molecular complexity index is 182. The van der Waals surface area contributed by atoms with Crippen molar-refractivity contribution in [3.63, 3.8) is 0 Å². The fourth-order valence-electron chi connectivity index (χ4n) is 2.49. The van der Waals surface area contributed by atoms with Crippen LogP contribution >= 0.6 is 0 Å². The smallest absolute Gasteiger partial charge is 0.0639 e. The molecule has 0 aromatic carbocycles. The molecule has 1 saturated heterocycles. The molecule has 1 heterocycles. The lowest BCUT2D eigenvalue weighted by Crippen LogP contribution is -2.41. The molecule has 3 heteroatoms. The predicted octanol–water partition coefficient (Wildman–Crippen LogP) is 0.831. The van der Waals surface area contributed by atoms with E-state index >= 15 is 0 Å². The van der Waals surface area contributed by atoms with Crippen LogP contribution in [0.25, 0.3) is 0 Å². The van der Waals surface area contributed by atoms with E-state index in [0.29, 0.717) is 6.04 Å². The first-order chi connectivity index (χ1) is 7.24. The van der Waals surface area contributed by atoms with E-state index in [1.54, 1.807) is 0 Å². The molecule has 2 aliphatic rings. The average molecular weight is 212 g/mol. The highest BCUT2D eigenvalue weighted by atomic mass is 16.3. The first-order valence-electron chi connectivity index (χ1n) is 6.38. The summed E-state index contributed by atoms with van der Waals surface area (Å²) in [5, 5.41) is 13.0. The van der Waals surface area contributed by atoms with Crippen LogP contribution in [0.3, 0.4) is 0 Å². The lowest BCUT2D eigenvalue weighted by atomic mass is 10.2. The number of aliphatic hydroxyl groups excluding tert-OH is 1. The van der Waals surface area contributed by atoms with Crippen molar-refractivity contribution < 1.29 is 5.11 Å². The summed E-state index contributed by atoms with van der Waals surface area (Å²) in [7, 11) is 0. The van der Waals surface area contributed by atoms with Crippen molar-refractivity contribution in [3.8, 4) is 0 Å². The van der Waals surface area contributed by atoms with E-state index in [1.165, 1.54) is 38.8 Å². The van der Waals surface area contributed by atoms with Gasteiger partial charge in [-0.05, 0) is 45.1 Å². The summed E-state index contributed by atoms with van der Waals surface area (Å²) in [5.74, 6) is 0.921. The highest BCUT2D eigenvalue weighted by Crippen LogP contribution is 2.29. The lowest BCUT2D eigenvalue weighted by molar-refractivity contribution is 0.118. The monoisotopic (exact) mass is 212 g/mol. The van der Waals surface area contributed by atoms with Gasteiger partial charge in [0.2, 0.25) is 0 Å². The summed E-state index contributed by atoms with van der Waals surface area (Å²) in [5.41, 5.74) is 0. The van der Waals surface area contributed by atoms with E-state index < -0.39 is 0 Å². The summed E-state index contributed by atoms with van der Waals surface area (Å²) in [4.78, 5) is 2.45. The molecule has 1 aliphatic carbocycles. The Morgan fingerprint density at radius 2 is 2.13 bits per heavy atom. The minimum Gasteiger partial charge on any atom is -0.392 e. The second-order valence-electron chi connectivity index (χ2n) is 5.30. The molecule has 15 heavy (non-hydrogen) atoms. The molecule has 0 amide bonds. The van der Waals surface area contributed by atoms with Gasteiger partial charge in [-0.2, -0.15) is 0 Å². The van der Waals surface area contributed by atoms with Crippen molar-refractivity contribution in [1.82, 2.24) is 10.2 Å². The minimum atomic E-state index is -0.190. The quantitative estimate of drug-likeness (QED) is 0.684. The van der Waals surface area contributed by atoms with Crippen LogP contribution in [0.5, 0.6) is 0 Å². The van der Waals surface area contributed by atoms with Gasteiger partial charge in [0, 0.05) is 25.7 Å². The van der Waals surface area contributed by atoms with E-state index in [2.05, 4.69) is 10.2 Å². The zero-order chi connectivity index (χ0) is 10.7. The molecular formula is C12H24N2O. The summed E-state index contributed by atoms with van der Waals surface area (Å²) in [6.45, 7) is 6.23. The molecule has 0 radical (unpaired) electrons. The first-order valence-corrected chi connectivity index (χ1v) is 6.38. The van der Waals surface area contributed by atoms with E-state index in [9.17, 15) is 5.11 Å². The van der Waals surface area contributed by atoms with Crippen molar-refractivity contribution in [3.05, 3.63) is 0 Å². The minimum absolute atomic E-state index is 0.190. The van der Waals surface area contributed by atoms with Crippen LogP contribution in [0.15, 0.2) is 0 Å². The Labute approximate surface area is 92.8 Å². The van der Waals surface area contributed by atoms with Gasteiger partial charge in [-0.3, -0.25) is 4.90 Å². The number of hydrogen-bond donors (Lipinski definition) is 2. The molecule has 0 bridgehead atoms. The Hall–Kier alpha value is -0.120. The standard InChI is InChI=1S/C12H24N2O/c1-10(15)7-14(8-11-4-5-11)9-12-3-2-6-13-12/h10-13,15H,2-9H2,1H3/t10-,12?/m0/s1. The predicted molar refractivity (Wildman–Crippen MR) is 61.9 cm³/mol. The number of aliphatic hydroxyl groups is 1. The molecule has 2 atom stereocenters. The fraction of sp³-hybridized carbons (Fsp3) is 1.00. The van der Waals surface area contributed by atoms with Gasteiger partial charge < -0.3 is 10.4 Å². The Kier molecular flexibility index (Phi) is 4.00. The molecule has 1 aliphatic heterocycles. The van der Waals surface area contributed by atoms with Crippen LogP contribution in [0.1, 0.15) is 32.6 Å². The maximum Gasteiger partial charge on any atom is 0.0639 e. The van der Waals surface area contributed by atoms with Gasteiger partial charge >= 0.3 is 0 Å². The summed E-state index contributed by atoms with van der Waals surface area (Å²) >= 11 is 0. The normalized spacial score (nSPS) is 28.6. The molecule has 88 valence electrons. The molecule has 2 rings (SSSR count). The van der Waals surface area contributed by atoms with Gasteiger partial charge in [-0.25, -0.2) is 0 Å². The molecular weight excluding hydrogens is 188 g/mol. The van der Waals surface area contributed by atoms with Crippen molar-refractivity contribution in [2.75, 3.05) is 26.2 Å². The molecule has 1 unspecified atom stereocenters. The van der Waals surface area contributed by atoms with Gasteiger partial charge in [0.05, 0.1) is 6.10 Å². The van der Waals surface area contributed by atoms with Crippen molar-refractivity contribution in [2.45, 2.75) is 44.8 Å². The van der Waals surface area contributed by atoms with Gasteiger partial charge in [0.25, 0.3) is 0 Å². The van der Waals surface area contributed by atoms with Crippen LogP contribution in [0.4, 0.5) is 0 Å². The second-order valence-corrected chi connectivity index (χ2v) is 5.30. The first kappa shape index (κ1) is 11.4. The zero-order valence-electron chi connectivity index (χ0n) is 9.78. The Morgan fingerprint density at radius 3 is 2.67 bits per heavy atom. The van der Waals surface area contributed by atoms with Crippen LogP contribution in [0.2, 0.25) is 0 Å². The highest BCUT2D eigenvalue weighted by molar-refractivity contribution is 4.83. The Morgan fingerprint density at radius 1 is 1.33 bits per heavy atom. The van der Waals surface area contributed by atoms with Crippen LogP contribution in [-0.4, -0.2) is 48.3 Å². The molecule has 3 nitrogen and oxygen atoms in total. The lowest BCUT2D eigenvalue weighted by Gasteiger charge is -2.26. The summed E-state index contributed by atoms with van der Waals surface area (Å²) in [6, 6.07) is 0.669.